The third-order valence-corrected chi connectivity index (χ3v) is 5.89. The molecule has 0 saturated carbocycles. The Balaban J connectivity index is 1.57. The Morgan fingerprint density at radius 1 is 1.07 bits per heavy atom. The summed E-state index contributed by atoms with van der Waals surface area (Å²) >= 11 is 1.19. The van der Waals surface area contributed by atoms with E-state index >= 15 is 0 Å². The van der Waals surface area contributed by atoms with E-state index < -0.39 is 29.2 Å². The SMILES string of the molecule is CN1C(=O)C(Cc2ccc(F)c(F)c2)C(=O)c2nc(C#CCc3ccccc3)sc21. The van der Waals surface area contributed by atoms with Crippen LogP contribution in [0.25, 0.3) is 0 Å². The van der Waals surface area contributed by atoms with Crippen LogP contribution in [0.3, 0.4) is 0 Å². The van der Waals surface area contributed by atoms with Gasteiger partial charge in [-0.15, -0.1) is 0 Å². The van der Waals surface area contributed by atoms with Crippen molar-refractivity contribution in [1.82, 2.24) is 4.98 Å². The van der Waals surface area contributed by atoms with Gasteiger partial charge in [0.25, 0.3) is 0 Å². The number of Topliss-reactive ketones (excluding diaryl/α,β-unsaturated/α-hetero) is 1. The number of anilines is 1. The summed E-state index contributed by atoms with van der Waals surface area (Å²) in [6, 6.07) is 13.1. The first-order chi connectivity index (χ1) is 14.4. The molecule has 2 heterocycles. The van der Waals surface area contributed by atoms with Crippen molar-refractivity contribution in [1.29, 1.82) is 0 Å². The summed E-state index contributed by atoms with van der Waals surface area (Å²) in [6.07, 6.45) is 0.526. The van der Waals surface area contributed by atoms with E-state index in [1.54, 1.807) is 7.05 Å². The zero-order chi connectivity index (χ0) is 21.3. The number of carbonyl (C=O) groups is 2. The molecular formula is C23H16F2N2O2S. The molecule has 1 aliphatic rings. The predicted molar refractivity (Wildman–Crippen MR) is 110 cm³/mol. The minimum Gasteiger partial charge on any atom is -0.304 e. The van der Waals surface area contributed by atoms with Crippen molar-refractivity contribution in [3.8, 4) is 11.8 Å². The number of ketones is 1. The second-order valence-electron chi connectivity index (χ2n) is 6.90. The fourth-order valence-electron chi connectivity index (χ4n) is 3.26. The Morgan fingerprint density at radius 3 is 2.57 bits per heavy atom. The van der Waals surface area contributed by atoms with Crippen molar-refractivity contribution in [2.45, 2.75) is 12.8 Å². The molecule has 2 aromatic carbocycles. The first-order valence-electron chi connectivity index (χ1n) is 9.23. The molecule has 0 bridgehead atoms. The highest BCUT2D eigenvalue weighted by Crippen LogP contribution is 2.35. The summed E-state index contributed by atoms with van der Waals surface area (Å²) < 4.78 is 26.7. The molecule has 1 atom stereocenters. The summed E-state index contributed by atoms with van der Waals surface area (Å²) in [7, 11) is 1.57. The summed E-state index contributed by atoms with van der Waals surface area (Å²) in [4.78, 5) is 31.4. The number of hydrogen-bond acceptors (Lipinski definition) is 4. The van der Waals surface area contributed by atoms with Crippen LogP contribution in [0.1, 0.15) is 26.6 Å². The van der Waals surface area contributed by atoms with Gasteiger partial charge in [0.2, 0.25) is 5.91 Å². The quantitative estimate of drug-likeness (QED) is 0.473. The molecule has 0 spiro atoms. The highest BCUT2D eigenvalue weighted by molar-refractivity contribution is 7.17. The van der Waals surface area contributed by atoms with E-state index in [9.17, 15) is 18.4 Å². The number of fused-ring (bicyclic) bond motifs is 1. The van der Waals surface area contributed by atoms with E-state index in [4.69, 9.17) is 0 Å². The fraction of sp³-hybridized carbons (Fsp3) is 0.174. The monoisotopic (exact) mass is 422 g/mol. The van der Waals surface area contributed by atoms with Crippen LogP contribution in [0.2, 0.25) is 0 Å². The summed E-state index contributed by atoms with van der Waals surface area (Å²) in [5.74, 6) is 2.16. The minimum atomic E-state index is -1.03. The fourth-order valence-corrected chi connectivity index (χ4v) is 4.18. The van der Waals surface area contributed by atoms with Crippen molar-refractivity contribution in [2.75, 3.05) is 11.9 Å². The second kappa shape index (κ2) is 8.17. The van der Waals surface area contributed by atoms with Gasteiger partial charge >= 0.3 is 0 Å². The lowest BCUT2D eigenvalue weighted by atomic mass is 9.90. The first-order valence-corrected chi connectivity index (χ1v) is 10.0. The number of aromatic nitrogens is 1. The van der Waals surface area contributed by atoms with Gasteiger partial charge in [-0.05, 0) is 35.6 Å². The highest BCUT2D eigenvalue weighted by Gasteiger charge is 2.40. The van der Waals surface area contributed by atoms with Gasteiger partial charge < -0.3 is 4.90 Å². The molecule has 1 aliphatic heterocycles. The Kier molecular flexibility index (Phi) is 5.42. The van der Waals surface area contributed by atoms with Crippen molar-refractivity contribution in [3.05, 3.63) is 82.0 Å². The normalized spacial score (nSPS) is 15.6. The molecule has 1 aromatic heterocycles. The van der Waals surface area contributed by atoms with E-state index in [-0.39, 0.29) is 12.1 Å². The zero-order valence-electron chi connectivity index (χ0n) is 16.0. The van der Waals surface area contributed by atoms with Crippen molar-refractivity contribution >= 4 is 28.0 Å². The largest absolute Gasteiger partial charge is 0.304 e. The van der Waals surface area contributed by atoms with Gasteiger partial charge in [-0.25, -0.2) is 13.8 Å². The summed E-state index contributed by atoms with van der Waals surface area (Å²) in [5, 5.41) is 0.910. The van der Waals surface area contributed by atoms with Gasteiger partial charge in [0, 0.05) is 13.5 Å². The average Bonchev–Trinajstić information content (AvgIpc) is 3.17. The van der Waals surface area contributed by atoms with Crippen LogP contribution < -0.4 is 4.90 Å². The lowest BCUT2D eigenvalue weighted by Crippen LogP contribution is -2.42. The number of rotatable bonds is 3. The molecule has 0 N–H and O–H groups in total. The van der Waals surface area contributed by atoms with Crippen LogP contribution in [-0.4, -0.2) is 23.7 Å². The second-order valence-corrected chi connectivity index (χ2v) is 7.88. The number of nitrogens with zero attached hydrogens (tertiary/aromatic N) is 2. The Labute approximate surface area is 176 Å². The topological polar surface area (TPSA) is 50.3 Å². The molecule has 4 nitrogen and oxygen atoms in total. The number of halogens is 2. The van der Waals surface area contributed by atoms with Crippen LogP contribution in [0, 0.1) is 29.4 Å². The molecule has 3 aromatic rings. The zero-order valence-corrected chi connectivity index (χ0v) is 16.8. The summed E-state index contributed by atoms with van der Waals surface area (Å²) in [6.45, 7) is 0. The van der Waals surface area contributed by atoms with E-state index in [2.05, 4.69) is 16.8 Å². The molecule has 0 fully saturated rings. The molecule has 30 heavy (non-hydrogen) atoms. The van der Waals surface area contributed by atoms with E-state index in [1.807, 2.05) is 30.3 Å². The number of benzene rings is 2. The first kappa shape index (κ1) is 19.9. The maximum atomic E-state index is 13.5. The average molecular weight is 422 g/mol. The number of amides is 1. The standard InChI is InChI=1S/C23H16F2N2O2S/c1-27-22(29)16(12-15-10-11-17(24)18(25)13-15)21(28)20-23(27)30-19(26-20)9-5-8-14-6-3-2-4-7-14/h2-4,6-7,10-11,13,16H,8,12H2,1H3. The smallest absolute Gasteiger partial charge is 0.238 e. The lowest BCUT2D eigenvalue weighted by Gasteiger charge is -2.27. The van der Waals surface area contributed by atoms with Crippen molar-refractivity contribution in [2.24, 2.45) is 5.92 Å². The number of hydrogen-bond donors (Lipinski definition) is 0. The Hall–Kier alpha value is -3.37. The van der Waals surface area contributed by atoms with Gasteiger partial charge in [0.05, 0.1) is 0 Å². The highest BCUT2D eigenvalue weighted by atomic mass is 32.1. The van der Waals surface area contributed by atoms with Gasteiger partial charge in [-0.3, -0.25) is 9.59 Å². The van der Waals surface area contributed by atoms with Crippen LogP contribution in [0.5, 0.6) is 0 Å². The third-order valence-electron chi connectivity index (χ3n) is 4.85. The van der Waals surface area contributed by atoms with Crippen LogP contribution >= 0.6 is 11.3 Å². The van der Waals surface area contributed by atoms with Crippen molar-refractivity contribution in [3.63, 3.8) is 0 Å². The molecular weight excluding hydrogens is 406 g/mol. The maximum absolute atomic E-state index is 13.5. The van der Waals surface area contributed by atoms with Gasteiger partial charge in [0.15, 0.2) is 22.4 Å². The number of carbonyl (C=O) groups excluding carboxylic acids is 2. The lowest BCUT2D eigenvalue weighted by molar-refractivity contribution is -0.120. The Bertz CT molecular complexity index is 1190. The Morgan fingerprint density at radius 2 is 1.83 bits per heavy atom. The molecule has 1 amide bonds. The van der Waals surface area contributed by atoms with Crippen molar-refractivity contribution < 1.29 is 18.4 Å². The third kappa shape index (κ3) is 3.87. The number of thiazole rings is 1. The van der Waals surface area contributed by atoms with Gasteiger partial charge in [0.1, 0.15) is 16.6 Å². The van der Waals surface area contributed by atoms with Gasteiger partial charge in [-0.2, -0.15) is 0 Å². The predicted octanol–water partition coefficient (Wildman–Crippen LogP) is 4.03. The summed E-state index contributed by atoms with van der Waals surface area (Å²) in [5.41, 5.74) is 1.63. The van der Waals surface area contributed by atoms with E-state index in [0.717, 1.165) is 17.7 Å². The van der Waals surface area contributed by atoms with Crippen LogP contribution in [0.4, 0.5) is 13.8 Å². The molecule has 0 aliphatic carbocycles. The van der Waals surface area contributed by atoms with Crippen LogP contribution in [-0.2, 0) is 17.6 Å². The molecule has 150 valence electrons. The van der Waals surface area contributed by atoms with E-state index in [0.29, 0.717) is 22.0 Å². The minimum absolute atomic E-state index is 0.0226. The van der Waals surface area contributed by atoms with Gasteiger partial charge in [-0.1, -0.05) is 53.7 Å². The van der Waals surface area contributed by atoms with Crippen LogP contribution in [0.15, 0.2) is 48.5 Å². The molecule has 0 radical (unpaired) electrons. The molecule has 1 unspecified atom stereocenters. The maximum Gasteiger partial charge on any atom is 0.238 e. The van der Waals surface area contributed by atoms with E-state index in [1.165, 1.54) is 22.3 Å². The molecule has 7 heteroatoms. The molecule has 0 saturated heterocycles. The molecule has 4 rings (SSSR count).